The SMILES string of the molecule is CC(CCN)NCCn1cnc2ccccc21. The summed E-state index contributed by atoms with van der Waals surface area (Å²) in [5.74, 6) is 0. The average Bonchev–Trinajstić information content (AvgIpc) is 2.73. The van der Waals surface area contributed by atoms with Crippen molar-refractivity contribution < 1.29 is 0 Å². The van der Waals surface area contributed by atoms with Gasteiger partial charge in [-0.25, -0.2) is 4.98 Å². The zero-order chi connectivity index (χ0) is 12.1. The molecule has 0 aliphatic heterocycles. The Morgan fingerprint density at radius 1 is 1.41 bits per heavy atom. The number of aromatic nitrogens is 2. The van der Waals surface area contributed by atoms with Crippen molar-refractivity contribution in [2.24, 2.45) is 5.73 Å². The predicted octanol–water partition coefficient (Wildman–Crippen LogP) is 1.36. The third-order valence-corrected chi connectivity index (χ3v) is 2.97. The number of para-hydroxylation sites is 2. The molecule has 0 aliphatic carbocycles. The highest BCUT2D eigenvalue weighted by Gasteiger charge is 2.02. The molecular weight excluding hydrogens is 212 g/mol. The molecule has 1 unspecified atom stereocenters. The quantitative estimate of drug-likeness (QED) is 0.790. The Hall–Kier alpha value is -1.39. The second-order valence-electron chi connectivity index (χ2n) is 4.36. The molecule has 0 radical (unpaired) electrons. The number of nitrogens with zero attached hydrogens (tertiary/aromatic N) is 2. The summed E-state index contributed by atoms with van der Waals surface area (Å²) in [5, 5.41) is 3.46. The van der Waals surface area contributed by atoms with Gasteiger partial charge in [0.2, 0.25) is 0 Å². The minimum Gasteiger partial charge on any atom is -0.330 e. The van der Waals surface area contributed by atoms with Crippen molar-refractivity contribution in [1.29, 1.82) is 0 Å². The largest absolute Gasteiger partial charge is 0.330 e. The molecule has 3 N–H and O–H groups in total. The molecule has 4 heteroatoms. The van der Waals surface area contributed by atoms with E-state index in [1.165, 1.54) is 5.52 Å². The molecule has 1 atom stereocenters. The highest BCUT2D eigenvalue weighted by molar-refractivity contribution is 5.74. The summed E-state index contributed by atoms with van der Waals surface area (Å²) in [7, 11) is 0. The van der Waals surface area contributed by atoms with Crippen LogP contribution in [0.25, 0.3) is 11.0 Å². The van der Waals surface area contributed by atoms with Crippen LogP contribution in [0.5, 0.6) is 0 Å². The normalized spacial score (nSPS) is 13.1. The maximum Gasteiger partial charge on any atom is 0.0958 e. The van der Waals surface area contributed by atoms with Crippen LogP contribution in [0.2, 0.25) is 0 Å². The highest BCUT2D eigenvalue weighted by Crippen LogP contribution is 2.10. The summed E-state index contributed by atoms with van der Waals surface area (Å²) in [5.41, 5.74) is 7.77. The molecule has 0 aliphatic rings. The van der Waals surface area contributed by atoms with E-state index in [1.807, 2.05) is 24.5 Å². The molecule has 4 nitrogen and oxygen atoms in total. The zero-order valence-corrected chi connectivity index (χ0v) is 10.3. The molecule has 1 aromatic carbocycles. The van der Waals surface area contributed by atoms with E-state index in [0.29, 0.717) is 6.04 Å². The summed E-state index contributed by atoms with van der Waals surface area (Å²) in [4.78, 5) is 4.37. The van der Waals surface area contributed by atoms with Crippen LogP contribution in [0.3, 0.4) is 0 Å². The van der Waals surface area contributed by atoms with E-state index in [1.54, 1.807) is 0 Å². The minimum atomic E-state index is 0.481. The van der Waals surface area contributed by atoms with Gasteiger partial charge in [-0.05, 0) is 32.0 Å². The summed E-state index contributed by atoms with van der Waals surface area (Å²) in [6, 6.07) is 8.68. The molecule has 1 aromatic heterocycles. The van der Waals surface area contributed by atoms with Crippen LogP contribution in [-0.2, 0) is 6.54 Å². The molecule has 0 saturated carbocycles. The standard InChI is InChI=1S/C13H20N4/c1-11(6-7-14)15-8-9-17-10-16-12-4-2-3-5-13(12)17/h2-5,10-11,15H,6-9,14H2,1H3. The van der Waals surface area contributed by atoms with Gasteiger partial charge in [-0.1, -0.05) is 12.1 Å². The van der Waals surface area contributed by atoms with E-state index < -0.39 is 0 Å². The summed E-state index contributed by atoms with van der Waals surface area (Å²) >= 11 is 0. The van der Waals surface area contributed by atoms with E-state index in [4.69, 9.17) is 5.73 Å². The molecule has 0 bridgehead atoms. The van der Waals surface area contributed by atoms with Crippen molar-refractivity contribution in [3.63, 3.8) is 0 Å². The van der Waals surface area contributed by atoms with Gasteiger partial charge in [0.15, 0.2) is 0 Å². The lowest BCUT2D eigenvalue weighted by molar-refractivity contribution is 0.497. The second-order valence-corrected chi connectivity index (χ2v) is 4.36. The number of nitrogens with one attached hydrogen (secondary N) is 1. The molecule has 0 saturated heterocycles. The van der Waals surface area contributed by atoms with E-state index in [-0.39, 0.29) is 0 Å². The molecule has 92 valence electrons. The number of fused-ring (bicyclic) bond motifs is 1. The number of benzene rings is 1. The third-order valence-electron chi connectivity index (χ3n) is 2.97. The predicted molar refractivity (Wildman–Crippen MR) is 70.9 cm³/mol. The van der Waals surface area contributed by atoms with Crippen molar-refractivity contribution in [3.8, 4) is 0 Å². The van der Waals surface area contributed by atoms with Crippen LogP contribution in [-0.4, -0.2) is 28.7 Å². The number of imidazole rings is 1. The molecule has 2 aromatic rings. The van der Waals surface area contributed by atoms with Crippen LogP contribution < -0.4 is 11.1 Å². The van der Waals surface area contributed by atoms with Gasteiger partial charge in [-0.15, -0.1) is 0 Å². The topological polar surface area (TPSA) is 55.9 Å². The van der Waals surface area contributed by atoms with E-state index in [9.17, 15) is 0 Å². The Kier molecular flexibility index (Phi) is 4.12. The molecule has 0 spiro atoms. The first-order chi connectivity index (χ1) is 8.31. The first-order valence-electron chi connectivity index (χ1n) is 6.14. The van der Waals surface area contributed by atoms with Crippen LogP contribution >= 0.6 is 0 Å². The van der Waals surface area contributed by atoms with Gasteiger partial charge in [0.25, 0.3) is 0 Å². The maximum absolute atomic E-state index is 5.51. The fourth-order valence-electron chi connectivity index (χ4n) is 1.97. The van der Waals surface area contributed by atoms with Crippen LogP contribution in [0.15, 0.2) is 30.6 Å². The first kappa shape index (κ1) is 12.1. The third kappa shape index (κ3) is 3.05. The molecule has 17 heavy (non-hydrogen) atoms. The minimum absolute atomic E-state index is 0.481. The lowest BCUT2D eigenvalue weighted by Crippen LogP contribution is -2.31. The van der Waals surface area contributed by atoms with Gasteiger partial charge >= 0.3 is 0 Å². The Morgan fingerprint density at radius 3 is 3.06 bits per heavy atom. The number of nitrogens with two attached hydrogens (primary N) is 1. The lowest BCUT2D eigenvalue weighted by Gasteiger charge is -2.12. The van der Waals surface area contributed by atoms with Gasteiger partial charge in [0.05, 0.1) is 17.4 Å². The Bertz CT molecular complexity index is 463. The van der Waals surface area contributed by atoms with Crippen LogP contribution in [0.4, 0.5) is 0 Å². The van der Waals surface area contributed by atoms with Crippen molar-refractivity contribution in [2.75, 3.05) is 13.1 Å². The van der Waals surface area contributed by atoms with Crippen LogP contribution in [0.1, 0.15) is 13.3 Å². The van der Waals surface area contributed by atoms with Crippen molar-refractivity contribution in [2.45, 2.75) is 25.9 Å². The second kappa shape index (κ2) is 5.80. The number of hydrogen-bond donors (Lipinski definition) is 2. The summed E-state index contributed by atoms with van der Waals surface area (Å²) < 4.78 is 2.18. The monoisotopic (exact) mass is 232 g/mol. The van der Waals surface area contributed by atoms with Crippen molar-refractivity contribution >= 4 is 11.0 Å². The van der Waals surface area contributed by atoms with Crippen LogP contribution in [0, 0.1) is 0 Å². The van der Waals surface area contributed by atoms with Gasteiger partial charge in [0.1, 0.15) is 0 Å². The summed E-state index contributed by atoms with van der Waals surface area (Å²) in [6.45, 7) is 4.79. The molecule has 2 rings (SSSR count). The molecule has 0 amide bonds. The van der Waals surface area contributed by atoms with Crippen molar-refractivity contribution in [3.05, 3.63) is 30.6 Å². The van der Waals surface area contributed by atoms with Gasteiger partial charge in [0, 0.05) is 19.1 Å². The summed E-state index contributed by atoms with van der Waals surface area (Å²) in [6.07, 6.45) is 2.92. The maximum atomic E-state index is 5.51. The fraction of sp³-hybridized carbons (Fsp3) is 0.462. The highest BCUT2D eigenvalue weighted by atomic mass is 15.1. The first-order valence-corrected chi connectivity index (χ1v) is 6.14. The lowest BCUT2D eigenvalue weighted by atomic mass is 10.2. The van der Waals surface area contributed by atoms with Gasteiger partial charge < -0.3 is 15.6 Å². The Balaban J connectivity index is 1.91. The zero-order valence-electron chi connectivity index (χ0n) is 10.3. The fourth-order valence-corrected chi connectivity index (χ4v) is 1.97. The van der Waals surface area contributed by atoms with Crippen molar-refractivity contribution in [1.82, 2.24) is 14.9 Å². The van der Waals surface area contributed by atoms with Gasteiger partial charge in [-0.2, -0.15) is 0 Å². The number of rotatable bonds is 6. The van der Waals surface area contributed by atoms with E-state index in [0.717, 1.165) is 31.6 Å². The van der Waals surface area contributed by atoms with E-state index >= 15 is 0 Å². The Labute approximate surface area is 102 Å². The van der Waals surface area contributed by atoms with E-state index in [2.05, 4.69) is 27.9 Å². The Morgan fingerprint density at radius 2 is 2.24 bits per heavy atom. The average molecular weight is 232 g/mol. The molecule has 0 fully saturated rings. The smallest absolute Gasteiger partial charge is 0.0958 e. The molecular formula is C13H20N4. The molecule has 1 heterocycles. The van der Waals surface area contributed by atoms with Gasteiger partial charge in [-0.3, -0.25) is 0 Å². The number of hydrogen-bond acceptors (Lipinski definition) is 3.